The van der Waals surface area contributed by atoms with Gasteiger partial charge in [0, 0.05) is 13.0 Å². The molecule has 1 aliphatic rings. The molecule has 0 aromatic rings. The standard InChI is InChI=1S/C13H25BFNO4/c1-9(15)10(2)16-11(17)7-8-18-14-19-12(3,4)13(5,6)20-14/h9-10H,7-8H2,1-6H3,(H,16,17)/t9-,10?/m1/s1. The van der Waals surface area contributed by atoms with Crippen molar-refractivity contribution in [3.63, 3.8) is 0 Å². The third-order valence-electron chi connectivity index (χ3n) is 3.89. The summed E-state index contributed by atoms with van der Waals surface area (Å²) < 4.78 is 29.6. The molecule has 0 bridgehead atoms. The van der Waals surface area contributed by atoms with Gasteiger partial charge in [0.05, 0.1) is 17.2 Å². The summed E-state index contributed by atoms with van der Waals surface area (Å²) in [5.74, 6) is -0.251. The first kappa shape index (κ1) is 17.4. The Kier molecular flexibility index (Phi) is 5.57. The Bertz CT molecular complexity index is 333. The van der Waals surface area contributed by atoms with Gasteiger partial charge >= 0.3 is 7.32 Å². The molecule has 0 aromatic heterocycles. The fraction of sp³-hybridized carbons (Fsp3) is 0.923. The van der Waals surface area contributed by atoms with Gasteiger partial charge in [0.25, 0.3) is 0 Å². The van der Waals surface area contributed by atoms with Crippen LogP contribution in [0.5, 0.6) is 0 Å². The number of amides is 1. The van der Waals surface area contributed by atoms with Crippen molar-refractivity contribution in [1.29, 1.82) is 0 Å². The fourth-order valence-electron chi connectivity index (χ4n) is 1.55. The minimum atomic E-state index is -1.08. The van der Waals surface area contributed by atoms with Crippen molar-refractivity contribution in [2.24, 2.45) is 0 Å². The first-order chi connectivity index (χ1) is 9.05. The molecule has 1 amide bonds. The lowest BCUT2D eigenvalue weighted by atomic mass is 9.90. The van der Waals surface area contributed by atoms with E-state index in [1.165, 1.54) is 6.92 Å². The second-order valence-electron chi connectivity index (χ2n) is 6.20. The van der Waals surface area contributed by atoms with Crippen molar-refractivity contribution in [1.82, 2.24) is 5.32 Å². The van der Waals surface area contributed by atoms with Gasteiger partial charge in [-0.05, 0) is 41.5 Å². The van der Waals surface area contributed by atoms with Gasteiger partial charge in [0.1, 0.15) is 6.17 Å². The van der Waals surface area contributed by atoms with Gasteiger partial charge in [-0.15, -0.1) is 0 Å². The highest BCUT2D eigenvalue weighted by atomic mass is 19.1. The monoisotopic (exact) mass is 289 g/mol. The van der Waals surface area contributed by atoms with Crippen LogP contribution in [-0.4, -0.2) is 43.3 Å². The van der Waals surface area contributed by atoms with Crippen molar-refractivity contribution in [3.8, 4) is 0 Å². The number of carbonyl (C=O) groups excluding carboxylic acids is 1. The van der Waals surface area contributed by atoms with Crippen LogP contribution in [0.4, 0.5) is 4.39 Å². The quantitative estimate of drug-likeness (QED) is 0.758. The SMILES string of the molecule is CC(NC(=O)CCOB1OC(C)(C)C(C)(C)O1)[C@@H](C)F. The van der Waals surface area contributed by atoms with Gasteiger partial charge in [-0.1, -0.05) is 0 Å². The second-order valence-corrected chi connectivity index (χ2v) is 6.20. The van der Waals surface area contributed by atoms with E-state index in [0.29, 0.717) is 0 Å². The molecule has 0 saturated carbocycles. The molecule has 1 N–H and O–H groups in total. The van der Waals surface area contributed by atoms with E-state index < -0.39 is 30.7 Å². The third-order valence-corrected chi connectivity index (χ3v) is 3.89. The van der Waals surface area contributed by atoms with Gasteiger partial charge in [-0.25, -0.2) is 4.39 Å². The molecule has 0 aromatic carbocycles. The van der Waals surface area contributed by atoms with Crippen molar-refractivity contribution in [3.05, 3.63) is 0 Å². The Morgan fingerprint density at radius 2 is 1.75 bits per heavy atom. The highest BCUT2D eigenvalue weighted by Gasteiger charge is 2.52. The molecule has 0 aliphatic carbocycles. The maximum atomic E-state index is 12.9. The number of carbonyl (C=O) groups is 1. The first-order valence-corrected chi connectivity index (χ1v) is 6.96. The molecule has 0 radical (unpaired) electrons. The normalized spacial score (nSPS) is 23.4. The molecule has 0 spiro atoms. The van der Waals surface area contributed by atoms with Crippen LogP contribution in [0.2, 0.25) is 0 Å². The van der Waals surface area contributed by atoms with E-state index in [1.54, 1.807) is 6.92 Å². The molecule has 2 atom stereocenters. The predicted molar refractivity (Wildman–Crippen MR) is 74.8 cm³/mol. The Morgan fingerprint density at radius 1 is 1.25 bits per heavy atom. The minimum Gasteiger partial charge on any atom is -0.385 e. The molecule has 1 saturated heterocycles. The molecule has 116 valence electrons. The average Bonchev–Trinajstić information content (AvgIpc) is 2.46. The highest BCUT2D eigenvalue weighted by Crippen LogP contribution is 2.36. The van der Waals surface area contributed by atoms with Gasteiger partial charge < -0.3 is 19.3 Å². The maximum absolute atomic E-state index is 12.9. The van der Waals surface area contributed by atoms with Crippen molar-refractivity contribution < 1.29 is 23.1 Å². The van der Waals surface area contributed by atoms with E-state index in [2.05, 4.69) is 5.32 Å². The summed E-state index contributed by atoms with van der Waals surface area (Å²) in [7, 11) is -0.773. The van der Waals surface area contributed by atoms with Crippen LogP contribution in [0.25, 0.3) is 0 Å². The number of hydrogen-bond donors (Lipinski definition) is 1. The number of nitrogens with one attached hydrogen (secondary N) is 1. The smallest absolute Gasteiger partial charge is 0.385 e. The molecule has 5 nitrogen and oxygen atoms in total. The molecular formula is C13H25BFNO4. The second kappa shape index (κ2) is 6.41. The first-order valence-electron chi connectivity index (χ1n) is 6.96. The van der Waals surface area contributed by atoms with Crippen LogP contribution >= 0.6 is 0 Å². The summed E-state index contributed by atoms with van der Waals surface area (Å²) in [4.78, 5) is 11.5. The lowest BCUT2D eigenvalue weighted by Crippen LogP contribution is -2.41. The lowest BCUT2D eigenvalue weighted by molar-refractivity contribution is -0.122. The van der Waals surface area contributed by atoms with E-state index in [-0.39, 0.29) is 18.9 Å². The highest BCUT2D eigenvalue weighted by molar-refractivity contribution is 6.37. The van der Waals surface area contributed by atoms with Crippen LogP contribution < -0.4 is 5.32 Å². The van der Waals surface area contributed by atoms with E-state index in [4.69, 9.17) is 14.0 Å². The molecule has 20 heavy (non-hydrogen) atoms. The summed E-state index contributed by atoms with van der Waals surface area (Å²) >= 11 is 0. The summed E-state index contributed by atoms with van der Waals surface area (Å²) in [5, 5.41) is 2.56. The lowest BCUT2D eigenvalue weighted by Gasteiger charge is -2.31. The summed E-state index contributed by atoms with van der Waals surface area (Å²) in [6.07, 6.45) is -0.941. The minimum absolute atomic E-state index is 0.140. The summed E-state index contributed by atoms with van der Waals surface area (Å²) in [6.45, 7) is 10.9. The van der Waals surface area contributed by atoms with Crippen molar-refractivity contribution in [2.45, 2.75) is 71.4 Å². The maximum Gasteiger partial charge on any atom is 0.640 e. The van der Waals surface area contributed by atoms with E-state index >= 15 is 0 Å². The Balaban J connectivity index is 2.28. The van der Waals surface area contributed by atoms with Crippen LogP contribution in [-0.2, 0) is 18.8 Å². The molecule has 1 aliphatic heterocycles. The van der Waals surface area contributed by atoms with E-state index in [1.807, 2.05) is 27.7 Å². The van der Waals surface area contributed by atoms with Crippen molar-refractivity contribution in [2.75, 3.05) is 6.61 Å². The van der Waals surface area contributed by atoms with Crippen LogP contribution in [0.3, 0.4) is 0 Å². The average molecular weight is 289 g/mol. The number of rotatable bonds is 6. The summed E-state index contributed by atoms with van der Waals surface area (Å²) in [6, 6.07) is -0.501. The van der Waals surface area contributed by atoms with Gasteiger partial charge in [0.15, 0.2) is 0 Å². The Morgan fingerprint density at radius 3 is 2.20 bits per heavy atom. The van der Waals surface area contributed by atoms with Gasteiger partial charge in [-0.2, -0.15) is 0 Å². The van der Waals surface area contributed by atoms with Crippen LogP contribution in [0.15, 0.2) is 0 Å². The van der Waals surface area contributed by atoms with E-state index in [0.717, 1.165) is 0 Å². The zero-order chi connectivity index (χ0) is 15.6. The number of halogens is 1. The van der Waals surface area contributed by atoms with Crippen molar-refractivity contribution >= 4 is 13.2 Å². The number of alkyl halides is 1. The zero-order valence-corrected chi connectivity index (χ0v) is 13.2. The number of hydrogen-bond acceptors (Lipinski definition) is 4. The van der Waals surface area contributed by atoms with E-state index in [9.17, 15) is 9.18 Å². The zero-order valence-electron chi connectivity index (χ0n) is 13.2. The Hall–Kier alpha value is -0.655. The van der Waals surface area contributed by atoms with Crippen LogP contribution in [0, 0.1) is 0 Å². The molecule has 1 heterocycles. The third kappa shape index (κ3) is 4.43. The topological polar surface area (TPSA) is 56.8 Å². The van der Waals surface area contributed by atoms with Crippen LogP contribution in [0.1, 0.15) is 48.0 Å². The molecule has 1 unspecified atom stereocenters. The molecule has 1 rings (SSSR count). The fourth-order valence-corrected chi connectivity index (χ4v) is 1.55. The van der Waals surface area contributed by atoms with Gasteiger partial charge in [0.2, 0.25) is 5.91 Å². The molecule has 7 heteroatoms. The van der Waals surface area contributed by atoms with Gasteiger partial charge in [-0.3, -0.25) is 4.79 Å². The predicted octanol–water partition coefficient (Wildman–Crippen LogP) is 1.84. The molecule has 1 fully saturated rings. The Labute approximate surface area is 120 Å². The summed E-state index contributed by atoms with van der Waals surface area (Å²) in [5.41, 5.74) is -0.920. The molecular weight excluding hydrogens is 264 g/mol. The largest absolute Gasteiger partial charge is 0.640 e.